The van der Waals surface area contributed by atoms with E-state index in [1.165, 1.54) is 71.7 Å². The molecule has 0 aliphatic heterocycles. The molecule has 2 nitrogen and oxygen atoms in total. The molecule has 0 atom stereocenters. The molecule has 1 aliphatic rings. The van der Waals surface area contributed by atoms with Gasteiger partial charge in [0, 0.05) is 38.9 Å². The van der Waals surface area contributed by atoms with Crippen molar-refractivity contribution in [1.29, 1.82) is 0 Å². The van der Waals surface area contributed by atoms with E-state index in [1.54, 1.807) is 0 Å². The predicted molar refractivity (Wildman–Crippen MR) is 231 cm³/mol. The first-order chi connectivity index (χ1) is 25.7. The van der Waals surface area contributed by atoms with Gasteiger partial charge in [0.05, 0.1) is 19.4 Å². The fraction of sp³-hybridized carbons (Fsp3) is 0.120. The molecule has 3 heteroatoms. The highest BCUT2D eigenvalue weighted by Crippen LogP contribution is 2.56. The Balaban J connectivity index is 1.25. The number of anilines is 6. The smallest absolute Gasteiger partial charge is 0.0775 e. The molecular weight excluding hydrogens is 657 g/mol. The highest BCUT2D eigenvalue weighted by atomic mass is 28.3. The van der Waals surface area contributed by atoms with Crippen LogP contribution in [0.15, 0.2) is 176 Å². The molecule has 0 heterocycles. The second kappa shape index (κ2) is 12.6. The number of hydrogen-bond acceptors (Lipinski definition) is 2. The monoisotopic (exact) mass is 700 g/mol. The van der Waals surface area contributed by atoms with Gasteiger partial charge in [0.2, 0.25) is 0 Å². The number of benzene rings is 8. The van der Waals surface area contributed by atoms with Gasteiger partial charge >= 0.3 is 0 Å². The van der Waals surface area contributed by atoms with E-state index in [9.17, 15) is 0 Å². The first-order valence-electron chi connectivity index (χ1n) is 18.7. The maximum atomic E-state index is 2.48. The van der Waals surface area contributed by atoms with Crippen LogP contribution < -0.4 is 15.0 Å². The summed E-state index contributed by atoms with van der Waals surface area (Å²) in [7, 11) is -1.43. The summed E-state index contributed by atoms with van der Waals surface area (Å²) >= 11 is 0. The van der Waals surface area contributed by atoms with Gasteiger partial charge in [-0.1, -0.05) is 154 Å². The Morgan fingerprint density at radius 1 is 0.415 bits per heavy atom. The number of fused-ring (bicyclic) bond motifs is 6. The quantitative estimate of drug-likeness (QED) is 0.153. The van der Waals surface area contributed by atoms with Crippen LogP contribution >= 0.6 is 0 Å². The highest BCUT2D eigenvalue weighted by Gasteiger charge is 2.38. The fourth-order valence-electron chi connectivity index (χ4n) is 8.40. The van der Waals surface area contributed by atoms with E-state index >= 15 is 0 Å². The number of hydrogen-bond donors (Lipinski definition) is 0. The zero-order valence-corrected chi connectivity index (χ0v) is 32.1. The Morgan fingerprint density at radius 3 is 1.64 bits per heavy atom. The molecule has 0 aromatic heterocycles. The van der Waals surface area contributed by atoms with Gasteiger partial charge in [-0.15, -0.1) is 0 Å². The summed E-state index contributed by atoms with van der Waals surface area (Å²) in [4.78, 5) is 4.88. The van der Waals surface area contributed by atoms with Crippen molar-refractivity contribution < 1.29 is 0 Å². The van der Waals surface area contributed by atoms with Crippen molar-refractivity contribution in [3.8, 4) is 11.1 Å². The van der Waals surface area contributed by atoms with Crippen LogP contribution in [0.4, 0.5) is 34.1 Å². The Bertz CT molecular complexity index is 2610. The standard InChI is InChI=1S/C50H44N2Si/c1-50(2)45-33-39(51(36-19-8-6-9-20-36)38-27-30-40(31-28-38)53(3,4)5)29-32-44(45)49-43-25-15-14-24-42(43)48(34-46(49)50)52(37-21-10-7-11-22-37)47-26-16-18-35-17-12-13-23-41(35)47/h6-34H,1-5H3. The molecule has 8 aromatic rings. The Kier molecular flexibility index (Phi) is 7.87. The fourth-order valence-corrected chi connectivity index (χ4v) is 9.57. The zero-order valence-electron chi connectivity index (χ0n) is 31.1. The van der Waals surface area contributed by atoms with Gasteiger partial charge < -0.3 is 9.80 Å². The largest absolute Gasteiger partial charge is 0.310 e. The zero-order chi connectivity index (χ0) is 36.3. The minimum absolute atomic E-state index is 0.245. The van der Waals surface area contributed by atoms with Gasteiger partial charge in [-0.2, -0.15) is 0 Å². The van der Waals surface area contributed by atoms with Gasteiger partial charge in [0.15, 0.2) is 0 Å². The molecule has 8 aromatic carbocycles. The molecular formula is C50H44N2Si. The van der Waals surface area contributed by atoms with Gasteiger partial charge in [0.25, 0.3) is 0 Å². The summed E-state index contributed by atoms with van der Waals surface area (Å²) in [6.07, 6.45) is 0. The van der Waals surface area contributed by atoms with E-state index in [1.807, 2.05) is 0 Å². The lowest BCUT2D eigenvalue weighted by Crippen LogP contribution is -2.37. The summed E-state index contributed by atoms with van der Waals surface area (Å²) in [5.41, 5.74) is 12.1. The lowest BCUT2D eigenvalue weighted by atomic mass is 9.81. The summed E-state index contributed by atoms with van der Waals surface area (Å²) < 4.78 is 0. The van der Waals surface area contributed by atoms with Gasteiger partial charge in [-0.05, 0) is 93.7 Å². The third-order valence-electron chi connectivity index (χ3n) is 11.2. The van der Waals surface area contributed by atoms with Crippen LogP contribution in [0, 0.1) is 0 Å². The van der Waals surface area contributed by atoms with Crippen molar-refractivity contribution in [2.75, 3.05) is 9.80 Å². The SMILES string of the molecule is CC1(C)c2cc(N(c3ccccc3)c3ccc([Si](C)(C)C)cc3)ccc2-c2c1cc(N(c1ccccc1)c1cccc3ccccc13)c1ccccc21. The maximum absolute atomic E-state index is 2.48. The van der Waals surface area contributed by atoms with E-state index in [0.29, 0.717) is 0 Å². The Labute approximate surface area is 314 Å². The minimum atomic E-state index is -1.43. The normalized spacial score (nSPS) is 13.2. The van der Waals surface area contributed by atoms with Crippen molar-refractivity contribution in [3.63, 3.8) is 0 Å². The van der Waals surface area contributed by atoms with E-state index in [-0.39, 0.29) is 5.41 Å². The first kappa shape index (κ1) is 33.0. The molecule has 0 spiro atoms. The minimum Gasteiger partial charge on any atom is -0.310 e. The molecule has 0 amide bonds. The summed E-state index contributed by atoms with van der Waals surface area (Å²) in [6.45, 7) is 12.0. The number of rotatable bonds is 7. The van der Waals surface area contributed by atoms with Crippen molar-refractivity contribution in [1.82, 2.24) is 0 Å². The van der Waals surface area contributed by atoms with Gasteiger partial charge in [0.1, 0.15) is 0 Å². The topological polar surface area (TPSA) is 6.48 Å². The predicted octanol–water partition coefficient (Wildman–Crippen LogP) is 13.8. The van der Waals surface area contributed by atoms with Crippen molar-refractivity contribution in [2.45, 2.75) is 38.9 Å². The van der Waals surface area contributed by atoms with Gasteiger partial charge in [-0.25, -0.2) is 0 Å². The maximum Gasteiger partial charge on any atom is 0.0775 e. The lowest BCUT2D eigenvalue weighted by molar-refractivity contribution is 0.661. The van der Waals surface area contributed by atoms with E-state index in [0.717, 1.165) is 11.4 Å². The van der Waals surface area contributed by atoms with Gasteiger partial charge in [-0.3, -0.25) is 0 Å². The molecule has 258 valence electrons. The van der Waals surface area contributed by atoms with Crippen LogP contribution in [0.5, 0.6) is 0 Å². The van der Waals surface area contributed by atoms with Crippen molar-refractivity contribution >= 4 is 68.9 Å². The van der Waals surface area contributed by atoms with Crippen LogP contribution in [-0.2, 0) is 5.41 Å². The van der Waals surface area contributed by atoms with Crippen LogP contribution in [0.25, 0.3) is 32.7 Å². The average Bonchev–Trinajstić information content (AvgIpc) is 3.41. The molecule has 53 heavy (non-hydrogen) atoms. The van der Waals surface area contributed by atoms with E-state index < -0.39 is 8.07 Å². The number of nitrogens with zero attached hydrogens (tertiary/aromatic N) is 2. The van der Waals surface area contributed by atoms with Crippen molar-refractivity contribution in [3.05, 3.63) is 187 Å². The van der Waals surface area contributed by atoms with Crippen LogP contribution in [0.3, 0.4) is 0 Å². The van der Waals surface area contributed by atoms with E-state index in [4.69, 9.17) is 0 Å². The van der Waals surface area contributed by atoms with Crippen LogP contribution in [0.2, 0.25) is 19.6 Å². The summed E-state index contributed by atoms with van der Waals surface area (Å²) in [6, 6.07) is 64.9. The third kappa shape index (κ3) is 5.55. The van der Waals surface area contributed by atoms with Crippen molar-refractivity contribution in [2.24, 2.45) is 0 Å². The third-order valence-corrected chi connectivity index (χ3v) is 13.2. The molecule has 1 aliphatic carbocycles. The summed E-state index contributed by atoms with van der Waals surface area (Å²) in [5.74, 6) is 0. The highest BCUT2D eigenvalue weighted by molar-refractivity contribution is 6.88. The molecule has 9 rings (SSSR count). The van der Waals surface area contributed by atoms with E-state index in [2.05, 4.69) is 219 Å². The average molecular weight is 701 g/mol. The van der Waals surface area contributed by atoms with Crippen LogP contribution in [-0.4, -0.2) is 8.07 Å². The molecule has 0 saturated heterocycles. The molecule has 0 radical (unpaired) electrons. The molecule has 0 bridgehead atoms. The molecule has 0 N–H and O–H groups in total. The Morgan fingerprint density at radius 2 is 0.962 bits per heavy atom. The summed E-state index contributed by atoms with van der Waals surface area (Å²) in [5, 5.41) is 6.45. The molecule has 0 saturated carbocycles. The Hall–Kier alpha value is -5.90. The second-order valence-corrected chi connectivity index (χ2v) is 20.9. The molecule has 0 unspecified atom stereocenters. The van der Waals surface area contributed by atoms with Crippen LogP contribution in [0.1, 0.15) is 25.0 Å². The number of para-hydroxylation sites is 2. The second-order valence-electron chi connectivity index (χ2n) is 15.9. The molecule has 0 fully saturated rings. The lowest BCUT2D eigenvalue weighted by Gasteiger charge is -2.31. The first-order valence-corrected chi connectivity index (χ1v) is 22.2.